The fourth-order valence-corrected chi connectivity index (χ4v) is 1.01. The maximum absolute atomic E-state index is 12.8. The lowest BCUT2D eigenvalue weighted by Crippen LogP contribution is -2.06. The summed E-state index contributed by atoms with van der Waals surface area (Å²) in [6.45, 7) is -0.0409. The minimum atomic E-state index is -0.802. The normalized spacial score (nSPS) is 10.0. The molecule has 13 heavy (non-hydrogen) atoms. The first kappa shape index (κ1) is 9.40. The van der Waals surface area contributed by atoms with Gasteiger partial charge in [-0.2, -0.15) is 0 Å². The second kappa shape index (κ2) is 3.36. The summed E-state index contributed by atoms with van der Waals surface area (Å²) in [5, 5.41) is 10.5. The molecule has 0 saturated carbocycles. The van der Waals surface area contributed by atoms with Gasteiger partial charge in [-0.15, -0.1) is 0 Å². The Labute approximate surface area is 73.3 Å². The van der Waals surface area contributed by atoms with Crippen molar-refractivity contribution in [3.05, 3.63) is 33.6 Å². The molecule has 0 heterocycles. The van der Waals surface area contributed by atoms with E-state index >= 15 is 0 Å². The van der Waals surface area contributed by atoms with Crippen LogP contribution in [0, 0.1) is 15.9 Å². The molecule has 0 spiro atoms. The zero-order valence-electron chi connectivity index (χ0n) is 6.66. The van der Waals surface area contributed by atoms with Gasteiger partial charge in [0.15, 0.2) is 5.82 Å². The molecule has 5 nitrogen and oxygen atoms in total. The maximum Gasteiger partial charge on any atom is 0.299 e. The van der Waals surface area contributed by atoms with Gasteiger partial charge >= 0.3 is 0 Å². The standard InChI is InChI=1S/C7H8FN3O2/c8-5-2-1-4(3-9)7(6(5)10)11(12)13/h1-2H,3,9-10H2. The second-order valence-electron chi connectivity index (χ2n) is 2.43. The fourth-order valence-electron chi connectivity index (χ4n) is 1.01. The molecule has 0 saturated heterocycles. The van der Waals surface area contributed by atoms with Crippen LogP contribution < -0.4 is 11.5 Å². The smallest absolute Gasteiger partial charge is 0.299 e. The predicted molar refractivity (Wildman–Crippen MR) is 45.4 cm³/mol. The summed E-state index contributed by atoms with van der Waals surface area (Å²) >= 11 is 0. The van der Waals surface area contributed by atoms with Gasteiger partial charge in [0.1, 0.15) is 5.69 Å². The summed E-state index contributed by atoms with van der Waals surface area (Å²) in [5.74, 6) is -0.802. The Kier molecular flexibility index (Phi) is 2.43. The maximum atomic E-state index is 12.8. The number of nitrogen functional groups attached to an aromatic ring is 1. The molecule has 0 bridgehead atoms. The predicted octanol–water partition coefficient (Wildman–Crippen LogP) is 0.775. The molecule has 6 heteroatoms. The zero-order chi connectivity index (χ0) is 10.0. The van der Waals surface area contributed by atoms with E-state index in [1.165, 1.54) is 6.07 Å². The minimum Gasteiger partial charge on any atom is -0.391 e. The van der Waals surface area contributed by atoms with Gasteiger partial charge < -0.3 is 11.5 Å². The summed E-state index contributed by atoms with van der Waals surface area (Å²) < 4.78 is 12.8. The number of halogens is 1. The molecule has 4 N–H and O–H groups in total. The van der Waals surface area contributed by atoms with Crippen molar-refractivity contribution in [3.8, 4) is 0 Å². The lowest BCUT2D eigenvalue weighted by Gasteiger charge is -2.02. The van der Waals surface area contributed by atoms with Crippen LogP contribution in [-0.4, -0.2) is 4.92 Å². The van der Waals surface area contributed by atoms with Gasteiger partial charge in [0, 0.05) is 12.1 Å². The summed E-state index contributed by atoms with van der Waals surface area (Å²) in [6.07, 6.45) is 0. The van der Waals surface area contributed by atoms with Crippen LogP contribution in [0.5, 0.6) is 0 Å². The van der Waals surface area contributed by atoms with E-state index in [1.54, 1.807) is 0 Å². The number of benzene rings is 1. The Morgan fingerprint density at radius 1 is 1.54 bits per heavy atom. The number of rotatable bonds is 2. The molecule has 1 aromatic rings. The van der Waals surface area contributed by atoms with E-state index in [1.807, 2.05) is 0 Å². The van der Waals surface area contributed by atoms with Gasteiger partial charge in [-0.3, -0.25) is 10.1 Å². The number of nitro benzene ring substituents is 1. The Hall–Kier alpha value is -1.69. The number of nitrogens with zero attached hydrogens (tertiary/aromatic N) is 1. The first-order chi connectivity index (χ1) is 6.07. The summed E-state index contributed by atoms with van der Waals surface area (Å²) in [6, 6.07) is 2.31. The molecule has 0 atom stereocenters. The van der Waals surface area contributed by atoms with Crippen LogP contribution in [-0.2, 0) is 6.54 Å². The Bertz CT molecular complexity index is 354. The van der Waals surface area contributed by atoms with Crippen LogP contribution in [0.2, 0.25) is 0 Å². The molecule has 0 aromatic heterocycles. The van der Waals surface area contributed by atoms with Crippen molar-refractivity contribution in [2.24, 2.45) is 5.73 Å². The molecule has 0 fully saturated rings. The van der Waals surface area contributed by atoms with E-state index in [2.05, 4.69) is 0 Å². The molecule has 0 unspecified atom stereocenters. The number of hydrogen-bond acceptors (Lipinski definition) is 4. The minimum absolute atomic E-state index is 0.0409. The Balaban J connectivity index is 3.41. The summed E-state index contributed by atoms with van der Waals surface area (Å²) in [7, 11) is 0. The van der Waals surface area contributed by atoms with Crippen LogP contribution in [0.3, 0.4) is 0 Å². The fraction of sp³-hybridized carbons (Fsp3) is 0.143. The lowest BCUT2D eigenvalue weighted by molar-refractivity contribution is -0.384. The molecule has 0 radical (unpaired) electrons. The number of anilines is 1. The summed E-state index contributed by atoms with van der Waals surface area (Å²) in [5.41, 5.74) is 9.73. The van der Waals surface area contributed by atoms with Crippen molar-refractivity contribution in [3.63, 3.8) is 0 Å². The average molecular weight is 185 g/mol. The van der Waals surface area contributed by atoms with Crippen molar-refractivity contribution in [1.29, 1.82) is 0 Å². The molecule has 0 aliphatic rings. The average Bonchev–Trinajstić information content (AvgIpc) is 2.08. The van der Waals surface area contributed by atoms with Crippen molar-refractivity contribution in [2.45, 2.75) is 6.54 Å². The number of nitrogens with two attached hydrogens (primary N) is 2. The molecule has 70 valence electrons. The van der Waals surface area contributed by atoms with Gasteiger partial charge in [-0.05, 0) is 12.1 Å². The van der Waals surface area contributed by atoms with E-state index in [-0.39, 0.29) is 12.1 Å². The van der Waals surface area contributed by atoms with Crippen LogP contribution in [0.15, 0.2) is 12.1 Å². The second-order valence-corrected chi connectivity index (χ2v) is 2.43. The van der Waals surface area contributed by atoms with E-state index in [0.29, 0.717) is 0 Å². The monoisotopic (exact) mass is 185 g/mol. The van der Waals surface area contributed by atoms with E-state index in [4.69, 9.17) is 11.5 Å². The third kappa shape index (κ3) is 1.57. The lowest BCUT2D eigenvalue weighted by atomic mass is 10.1. The van der Waals surface area contributed by atoms with Crippen LogP contribution in [0.25, 0.3) is 0 Å². The zero-order valence-corrected chi connectivity index (χ0v) is 6.66. The highest BCUT2D eigenvalue weighted by molar-refractivity contribution is 5.63. The number of hydrogen-bond donors (Lipinski definition) is 2. The molecule has 1 rings (SSSR count). The van der Waals surface area contributed by atoms with Crippen LogP contribution >= 0.6 is 0 Å². The first-order valence-corrected chi connectivity index (χ1v) is 3.49. The molecule has 0 aliphatic heterocycles. The van der Waals surface area contributed by atoms with Gasteiger partial charge in [-0.1, -0.05) is 0 Å². The largest absolute Gasteiger partial charge is 0.391 e. The molecule has 0 amide bonds. The van der Waals surface area contributed by atoms with Crippen molar-refractivity contribution >= 4 is 11.4 Å². The topological polar surface area (TPSA) is 95.2 Å². The molecule has 1 aromatic carbocycles. The van der Waals surface area contributed by atoms with Crippen molar-refractivity contribution in [2.75, 3.05) is 5.73 Å². The highest BCUT2D eigenvalue weighted by Crippen LogP contribution is 2.28. The van der Waals surface area contributed by atoms with Crippen molar-refractivity contribution in [1.82, 2.24) is 0 Å². The van der Waals surface area contributed by atoms with Crippen LogP contribution in [0.4, 0.5) is 15.8 Å². The Morgan fingerprint density at radius 3 is 2.62 bits per heavy atom. The first-order valence-electron chi connectivity index (χ1n) is 3.49. The SMILES string of the molecule is NCc1ccc(F)c(N)c1[N+](=O)[O-]. The van der Waals surface area contributed by atoms with Gasteiger partial charge in [0.25, 0.3) is 5.69 Å². The van der Waals surface area contributed by atoms with Gasteiger partial charge in [0.2, 0.25) is 0 Å². The van der Waals surface area contributed by atoms with Crippen LogP contribution in [0.1, 0.15) is 5.56 Å². The third-order valence-corrected chi connectivity index (χ3v) is 1.65. The van der Waals surface area contributed by atoms with Crippen molar-refractivity contribution < 1.29 is 9.31 Å². The van der Waals surface area contributed by atoms with Gasteiger partial charge in [0.05, 0.1) is 4.92 Å². The third-order valence-electron chi connectivity index (χ3n) is 1.65. The van der Waals surface area contributed by atoms with Gasteiger partial charge in [-0.25, -0.2) is 4.39 Å². The molecular weight excluding hydrogens is 177 g/mol. The Morgan fingerprint density at radius 2 is 2.15 bits per heavy atom. The summed E-state index contributed by atoms with van der Waals surface area (Å²) in [4.78, 5) is 9.72. The highest BCUT2D eigenvalue weighted by atomic mass is 19.1. The van der Waals surface area contributed by atoms with E-state index in [0.717, 1.165) is 6.07 Å². The number of nitro groups is 1. The van der Waals surface area contributed by atoms with E-state index < -0.39 is 22.1 Å². The quantitative estimate of drug-likeness (QED) is 0.404. The van der Waals surface area contributed by atoms with E-state index in [9.17, 15) is 14.5 Å². The molecule has 0 aliphatic carbocycles. The highest BCUT2D eigenvalue weighted by Gasteiger charge is 2.19. The molecular formula is C7H8FN3O2.